The summed E-state index contributed by atoms with van der Waals surface area (Å²) in [6.07, 6.45) is 4.54. The van der Waals surface area contributed by atoms with Gasteiger partial charge in [0.15, 0.2) is 0 Å². The Morgan fingerprint density at radius 3 is 1.70 bits per heavy atom. The van der Waals surface area contributed by atoms with Crippen molar-refractivity contribution in [1.29, 1.82) is 0 Å². The van der Waals surface area contributed by atoms with Gasteiger partial charge in [-0.2, -0.15) is 0 Å². The summed E-state index contributed by atoms with van der Waals surface area (Å²) >= 11 is 0. The maximum Gasteiger partial charge on any atom is 0.381 e. The van der Waals surface area contributed by atoms with Gasteiger partial charge in [0.2, 0.25) is 0 Å². The minimum absolute atomic E-state index is 0.222. The summed E-state index contributed by atoms with van der Waals surface area (Å²) in [6, 6.07) is 0. The molecule has 0 aliphatic rings. The van der Waals surface area contributed by atoms with Crippen LogP contribution in [-0.4, -0.2) is 22.2 Å². The standard InChI is InChI=1S/C3H6O2.C3H2O2/c2*1-2-3(4)5/h2H2,1H3,(H,4,5);1H,(H,4,5). The molecule has 4 nitrogen and oxygen atoms in total. The molecule has 0 saturated carbocycles. The van der Waals surface area contributed by atoms with E-state index in [1.807, 2.05) is 0 Å². The Morgan fingerprint density at radius 2 is 1.70 bits per heavy atom. The number of hydrogen-bond acceptors (Lipinski definition) is 2. The second-order valence-corrected chi connectivity index (χ2v) is 1.20. The number of hydrogen-bond donors (Lipinski definition) is 2. The molecule has 0 aliphatic heterocycles. The fourth-order valence-corrected chi connectivity index (χ4v) is 0. The summed E-state index contributed by atoms with van der Waals surface area (Å²) in [7, 11) is 0. The van der Waals surface area contributed by atoms with Gasteiger partial charge in [0, 0.05) is 12.3 Å². The molecule has 0 rings (SSSR count). The lowest BCUT2D eigenvalue weighted by molar-refractivity contribution is -0.136. The molecule has 0 atom stereocenters. The number of rotatable bonds is 1. The van der Waals surface area contributed by atoms with Crippen LogP contribution in [0.3, 0.4) is 0 Å². The molecule has 4 heteroatoms. The highest BCUT2D eigenvalue weighted by Gasteiger charge is 1.80. The van der Waals surface area contributed by atoms with Gasteiger partial charge in [-0.3, -0.25) is 4.79 Å². The van der Waals surface area contributed by atoms with Crippen molar-refractivity contribution in [2.24, 2.45) is 0 Å². The fraction of sp³-hybridized carbons (Fsp3) is 0.333. The zero-order valence-electron chi connectivity index (χ0n) is 5.50. The lowest BCUT2D eigenvalue weighted by Crippen LogP contribution is -1.86. The summed E-state index contributed by atoms with van der Waals surface area (Å²) in [5, 5.41) is 15.2. The van der Waals surface area contributed by atoms with Crippen LogP contribution in [0.25, 0.3) is 0 Å². The van der Waals surface area contributed by atoms with Gasteiger partial charge in [0.1, 0.15) is 0 Å². The molecule has 56 valence electrons. The van der Waals surface area contributed by atoms with E-state index >= 15 is 0 Å². The molecule has 0 spiro atoms. The minimum atomic E-state index is -1.22. The predicted molar refractivity (Wildman–Crippen MR) is 34.4 cm³/mol. The molecular formula is C6H8O4. The van der Waals surface area contributed by atoms with Gasteiger partial charge in [0.05, 0.1) is 0 Å². The number of carboxylic acids is 2. The van der Waals surface area contributed by atoms with Crippen molar-refractivity contribution in [2.75, 3.05) is 0 Å². The molecule has 0 heterocycles. The monoisotopic (exact) mass is 144 g/mol. The molecule has 0 amide bonds. The van der Waals surface area contributed by atoms with Crippen LogP contribution in [0, 0.1) is 12.3 Å². The third-order valence-corrected chi connectivity index (χ3v) is 0.426. The van der Waals surface area contributed by atoms with E-state index in [-0.39, 0.29) is 6.42 Å². The van der Waals surface area contributed by atoms with E-state index in [2.05, 4.69) is 6.42 Å². The number of carboxylic acid groups (broad SMARTS) is 2. The predicted octanol–water partition coefficient (Wildman–Crippen LogP) is 0.185. The van der Waals surface area contributed by atoms with Crippen molar-refractivity contribution in [2.45, 2.75) is 13.3 Å². The third kappa shape index (κ3) is 31.5. The Kier molecular flexibility index (Phi) is 8.49. The van der Waals surface area contributed by atoms with Gasteiger partial charge < -0.3 is 10.2 Å². The molecule has 0 aromatic heterocycles. The van der Waals surface area contributed by atoms with E-state index in [9.17, 15) is 4.79 Å². The van der Waals surface area contributed by atoms with E-state index in [1.54, 1.807) is 6.92 Å². The molecule has 0 radical (unpaired) electrons. The van der Waals surface area contributed by atoms with Crippen LogP contribution >= 0.6 is 0 Å². The molecule has 0 fully saturated rings. The van der Waals surface area contributed by atoms with Gasteiger partial charge in [-0.15, -0.1) is 6.42 Å². The lowest BCUT2D eigenvalue weighted by Gasteiger charge is -1.71. The fourth-order valence-electron chi connectivity index (χ4n) is 0. The van der Waals surface area contributed by atoms with Crippen molar-refractivity contribution in [3.63, 3.8) is 0 Å². The number of terminal acetylenes is 1. The summed E-state index contributed by atoms with van der Waals surface area (Å²) in [5.74, 6) is -0.519. The summed E-state index contributed by atoms with van der Waals surface area (Å²) in [5.41, 5.74) is 0. The molecule has 10 heavy (non-hydrogen) atoms. The van der Waals surface area contributed by atoms with E-state index in [1.165, 1.54) is 5.92 Å². The highest BCUT2D eigenvalue weighted by atomic mass is 16.4. The highest BCUT2D eigenvalue weighted by molar-refractivity contribution is 5.85. The smallest absolute Gasteiger partial charge is 0.381 e. The lowest BCUT2D eigenvalue weighted by atomic mass is 10.5. The maximum absolute atomic E-state index is 9.37. The van der Waals surface area contributed by atoms with Crippen molar-refractivity contribution >= 4 is 11.9 Å². The van der Waals surface area contributed by atoms with E-state index in [0.717, 1.165) is 0 Å². The van der Waals surface area contributed by atoms with Crippen LogP contribution in [-0.2, 0) is 9.59 Å². The zero-order valence-corrected chi connectivity index (χ0v) is 5.50. The van der Waals surface area contributed by atoms with Gasteiger partial charge >= 0.3 is 11.9 Å². The van der Waals surface area contributed by atoms with Gasteiger partial charge in [-0.25, -0.2) is 4.79 Å². The third-order valence-electron chi connectivity index (χ3n) is 0.426. The van der Waals surface area contributed by atoms with Crippen LogP contribution in [0.15, 0.2) is 0 Å². The minimum Gasteiger partial charge on any atom is -0.481 e. The van der Waals surface area contributed by atoms with Crippen LogP contribution < -0.4 is 0 Å². The van der Waals surface area contributed by atoms with Gasteiger partial charge in [0.25, 0.3) is 0 Å². The largest absolute Gasteiger partial charge is 0.481 e. The molecule has 0 aliphatic carbocycles. The molecule has 0 saturated heterocycles. The van der Waals surface area contributed by atoms with Crippen LogP contribution in [0.4, 0.5) is 0 Å². The van der Waals surface area contributed by atoms with Crippen molar-refractivity contribution in [3.8, 4) is 12.3 Å². The van der Waals surface area contributed by atoms with E-state index < -0.39 is 11.9 Å². The van der Waals surface area contributed by atoms with Crippen LogP contribution in [0.2, 0.25) is 0 Å². The second-order valence-electron chi connectivity index (χ2n) is 1.20. The Balaban J connectivity index is 0. The Bertz CT molecular complexity index is 154. The average Bonchev–Trinajstić information content (AvgIpc) is 1.89. The van der Waals surface area contributed by atoms with Crippen molar-refractivity contribution in [1.82, 2.24) is 0 Å². The Hall–Kier alpha value is -1.50. The average molecular weight is 144 g/mol. The zero-order chi connectivity index (χ0) is 8.57. The molecule has 0 unspecified atom stereocenters. The summed E-state index contributed by atoms with van der Waals surface area (Å²) in [6.45, 7) is 1.60. The van der Waals surface area contributed by atoms with E-state index in [4.69, 9.17) is 15.0 Å². The van der Waals surface area contributed by atoms with Crippen LogP contribution in [0.1, 0.15) is 13.3 Å². The Morgan fingerprint density at radius 1 is 1.50 bits per heavy atom. The topological polar surface area (TPSA) is 74.6 Å². The first-order valence-corrected chi connectivity index (χ1v) is 2.45. The molecular weight excluding hydrogens is 136 g/mol. The molecule has 0 aromatic carbocycles. The molecule has 0 bridgehead atoms. The molecule has 2 N–H and O–H groups in total. The normalized spacial score (nSPS) is 6.40. The maximum atomic E-state index is 9.37. The first-order valence-electron chi connectivity index (χ1n) is 2.45. The van der Waals surface area contributed by atoms with Gasteiger partial charge in [-0.1, -0.05) is 6.92 Å². The summed E-state index contributed by atoms with van der Waals surface area (Å²) in [4.78, 5) is 18.5. The van der Waals surface area contributed by atoms with E-state index in [0.29, 0.717) is 0 Å². The number of aliphatic carboxylic acids is 2. The van der Waals surface area contributed by atoms with Crippen molar-refractivity contribution in [3.05, 3.63) is 0 Å². The number of carbonyl (C=O) groups is 2. The Labute approximate surface area is 58.5 Å². The van der Waals surface area contributed by atoms with Crippen molar-refractivity contribution < 1.29 is 19.8 Å². The first kappa shape index (κ1) is 11.3. The highest BCUT2D eigenvalue weighted by Crippen LogP contribution is 1.67. The second kappa shape index (κ2) is 7.50. The first-order chi connectivity index (χ1) is 4.54. The summed E-state index contributed by atoms with van der Waals surface area (Å²) < 4.78 is 0. The van der Waals surface area contributed by atoms with Crippen LogP contribution in [0.5, 0.6) is 0 Å². The van der Waals surface area contributed by atoms with Gasteiger partial charge in [-0.05, 0) is 0 Å². The SMILES string of the molecule is C#CC(=O)O.CCC(=O)O. The molecule has 0 aromatic rings. The quantitative estimate of drug-likeness (QED) is 0.515.